The highest BCUT2D eigenvalue weighted by atomic mass is 16.5. The van der Waals surface area contributed by atoms with Gasteiger partial charge in [-0.15, -0.1) is 10.2 Å². The molecule has 1 saturated heterocycles. The number of aryl methyl sites for hydroxylation is 2. The minimum atomic E-state index is -0.521. The molecule has 6 nitrogen and oxygen atoms in total. The number of aromatic hydroxyl groups is 1. The number of phenolic OH excluding ortho intramolecular Hbond substituents is 1. The number of hydrogen-bond acceptors (Lipinski definition) is 6. The van der Waals surface area contributed by atoms with E-state index in [1.54, 1.807) is 13.0 Å². The van der Waals surface area contributed by atoms with Gasteiger partial charge in [0.15, 0.2) is 5.82 Å². The Bertz CT molecular complexity index is 693. The number of aliphatic hydroxyl groups excluding tert-OH is 1. The number of hydrogen-bond donors (Lipinski definition) is 2. The number of morpholine rings is 1. The van der Waals surface area contributed by atoms with Crippen molar-refractivity contribution in [3.8, 4) is 17.0 Å². The molecule has 1 aromatic heterocycles. The number of aliphatic hydroxyl groups is 1. The molecule has 1 aliphatic rings. The summed E-state index contributed by atoms with van der Waals surface area (Å²) in [6.45, 7) is 7.48. The van der Waals surface area contributed by atoms with E-state index in [1.165, 1.54) is 0 Å². The zero-order valence-electron chi connectivity index (χ0n) is 14.2. The number of ether oxygens (including phenoxy) is 1. The molecule has 0 bridgehead atoms. The van der Waals surface area contributed by atoms with E-state index in [0.29, 0.717) is 31.0 Å². The van der Waals surface area contributed by atoms with Gasteiger partial charge in [-0.3, -0.25) is 0 Å². The average Bonchev–Trinajstić information content (AvgIpc) is 2.54. The van der Waals surface area contributed by atoms with E-state index in [1.807, 2.05) is 32.0 Å². The zero-order valence-corrected chi connectivity index (χ0v) is 14.2. The monoisotopic (exact) mass is 329 g/mol. The van der Waals surface area contributed by atoms with E-state index in [0.717, 1.165) is 16.9 Å². The average molecular weight is 329 g/mol. The molecule has 0 spiro atoms. The first-order chi connectivity index (χ1) is 11.5. The molecule has 2 aromatic rings. The minimum absolute atomic E-state index is 0.218. The Hall–Kier alpha value is -2.18. The number of aromatic nitrogens is 2. The number of anilines is 1. The summed E-state index contributed by atoms with van der Waals surface area (Å²) in [5, 5.41) is 28.5. The fourth-order valence-electron chi connectivity index (χ4n) is 3.08. The van der Waals surface area contributed by atoms with Crippen molar-refractivity contribution in [2.45, 2.75) is 33.0 Å². The first-order valence-electron chi connectivity index (χ1n) is 8.14. The van der Waals surface area contributed by atoms with Crippen LogP contribution in [0.2, 0.25) is 0 Å². The topological polar surface area (TPSA) is 78.7 Å². The van der Waals surface area contributed by atoms with Gasteiger partial charge < -0.3 is 19.8 Å². The minimum Gasteiger partial charge on any atom is -0.507 e. The fraction of sp³-hybridized carbons (Fsp3) is 0.444. The van der Waals surface area contributed by atoms with Crippen molar-refractivity contribution in [1.82, 2.24) is 10.2 Å². The maximum atomic E-state index is 10.2. The fourth-order valence-corrected chi connectivity index (χ4v) is 3.08. The predicted octanol–water partition coefficient (Wildman–Crippen LogP) is 2.05. The molecule has 0 saturated carbocycles. The van der Waals surface area contributed by atoms with Crippen LogP contribution >= 0.6 is 0 Å². The summed E-state index contributed by atoms with van der Waals surface area (Å²) in [6, 6.07) is 7.51. The van der Waals surface area contributed by atoms with Gasteiger partial charge in [0.2, 0.25) is 0 Å². The zero-order chi connectivity index (χ0) is 17.3. The van der Waals surface area contributed by atoms with Crippen molar-refractivity contribution in [3.05, 3.63) is 35.4 Å². The Kier molecular flexibility index (Phi) is 4.69. The second-order valence-corrected chi connectivity index (χ2v) is 6.35. The number of phenols is 1. The normalized spacial score (nSPS) is 19.3. The quantitative estimate of drug-likeness (QED) is 0.897. The lowest BCUT2D eigenvalue weighted by atomic mass is 10.0. The van der Waals surface area contributed by atoms with Crippen molar-refractivity contribution in [3.63, 3.8) is 0 Å². The SMILES string of the molecule is Cc1cc(C)c(-c2ccc(N3CCOC([C@@H](C)O)C3)nn2)c(O)c1. The molecule has 1 aliphatic heterocycles. The van der Waals surface area contributed by atoms with Crippen LogP contribution in [-0.4, -0.2) is 52.3 Å². The van der Waals surface area contributed by atoms with E-state index in [-0.39, 0.29) is 11.9 Å². The van der Waals surface area contributed by atoms with Crippen LogP contribution in [0.5, 0.6) is 5.75 Å². The van der Waals surface area contributed by atoms with E-state index < -0.39 is 6.10 Å². The summed E-state index contributed by atoms with van der Waals surface area (Å²) in [4.78, 5) is 2.06. The van der Waals surface area contributed by atoms with Crippen LogP contribution in [0, 0.1) is 13.8 Å². The highest BCUT2D eigenvalue weighted by Gasteiger charge is 2.25. The molecule has 2 heterocycles. The van der Waals surface area contributed by atoms with Crippen LogP contribution in [-0.2, 0) is 4.74 Å². The lowest BCUT2D eigenvalue weighted by molar-refractivity contribution is -0.0366. The van der Waals surface area contributed by atoms with Crippen molar-refractivity contribution in [2.24, 2.45) is 0 Å². The first kappa shape index (κ1) is 16.7. The molecular formula is C18H23N3O3. The molecule has 128 valence electrons. The summed E-state index contributed by atoms with van der Waals surface area (Å²) >= 11 is 0. The van der Waals surface area contributed by atoms with Gasteiger partial charge >= 0.3 is 0 Å². The molecule has 2 atom stereocenters. The van der Waals surface area contributed by atoms with Crippen molar-refractivity contribution < 1.29 is 14.9 Å². The summed E-state index contributed by atoms with van der Waals surface area (Å²) in [5.74, 6) is 0.965. The Morgan fingerprint density at radius 3 is 2.67 bits per heavy atom. The van der Waals surface area contributed by atoms with Crippen LogP contribution in [0.25, 0.3) is 11.3 Å². The second kappa shape index (κ2) is 6.75. The standard InChI is InChI=1S/C18H23N3O3/c1-11-8-12(2)18(15(23)9-11)14-4-5-17(20-19-14)21-6-7-24-16(10-21)13(3)22/h4-5,8-9,13,16,22-23H,6-7,10H2,1-3H3/t13-,16?/m1/s1. The van der Waals surface area contributed by atoms with Crippen LogP contribution < -0.4 is 4.90 Å². The van der Waals surface area contributed by atoms with Crippen molar-refractivity contribution in [1.29, 1.82) is 0 Å². The van der Waals surface area contributed by atoms with Crippen molar-refractivity contribution >= 4 is 5.82 Å². The second-order valence-electron chi connectivity index (χ2n) is 6.35. The molecule has 0 amide bonds. The van der Waals surface area contributed by atoms with Crippen molar-refractivity contribution in [2.75, 3.05) is 24.6 Å². The van der Waals surface area contributed by atoms with Crippen LogP contribution in [0.3, 0.4) is 0 Å². The molecule has 6 heteroatoms. The summed E-state index contributed by atoms with van der Waals surface area (Å²) in [7, 11) is 0. The van der Waals surface area contributed by atoms with E-state index in [4.69, 9.17) is 4.74 Å². The maximum absolute atomic E-state index is 10.2. The van der Waals surface area contributed by atoms with E-state index in [2.05, 4.69) is 15.1 Å². The molecule has 24 heavy (non-hydrogen) atoms. The van der Waals surface area contributed by atoms with Gasteiger partial charge in [0.1, 0.15) is 11.9 Å². The smallest absolute Gasteiger partial charge is 0.151 e. The Morgan fingerprint density at radius 1 is 1.25 bits per heavy atom. The maximum Gasteiger partial charge on any atom is 0.151 e. The highest BCUT2D eigenvalue weighted by Crippen LogP contribution is 2.32. The molecule has 0 aliphatic carbocycles. The van der Waals surface area contributed by atoms with Gasteiger partial charge in [-0.2, -0.15) is 0 Å². The van der Waals surface area contributed by atoms with Gasteiger partial charge in [0.05, 0.1) is 18.4 Å². The largest absolute Gasteiger partial charge is 0.507 e. The third kappa shape index (κ3) is 3.34. The molecule has 1 aromatic carbocycles. The summed E-state index contributed by atoms with van der Waals surface area (Å²) < 4.78 is 5.55. The lowest BCUT2D eigenvalue weighted by Gasteiger charge is -2.34. The van der Waals surface area contributed by atoms with Gasteiger partial charge in [0.25, 0.3) is 0 Å². The Balaban J connectivity index is 1.84. The molecular weight excluding hydrogens is 306 g/mol. The Morgan fingerprint density at radius 2 is 2.04 bits per heavy atom. The number of nitrogens with zero attached hydrogens (tertiary/aromatic N) is 3. The van der Waals surface area contributed by atoms with Gasteiger partial charge in [-0.05, 0) is 50.1 Å². The number of benzene rings is 1. The molecule has 1 fully saturated rings. The lowest BCUT2D eigenvalue weighted by Crippen LogP contribution is -2.47. The van der Waals surface area contributed by atoms with Crippen LogP contribution in [0.1, 0.15) is 18.1 Å². The van der Waals surface area contributed by atoms with Gasteiger partial charge in [0, 0.05) is 18.7 Å². The highest BCUT2D eigenvalue weighted by molar-refractivity contribution is 5.71. The predicted molar refractivity (Wildman–Crippen MR) is 92.2 cm³/mol. The van der Waals surface area contributed by atoms with Gasteiger partial charge in [-0.1, -0.05) is 6.07 Å². The molecule has 3 rings (SSSR count). The molecule has 0 radical (unpaired) electrons. The number of rotatable bonds is 3. The summed E-state index contributed by atoms with van der Waals surface area (Å²) in [6.07, 6.45) is -0.740. The molecule has 1 unspecified atom stereocenters. The summed E-state index contributed by atoms with van der Waals surface area (Å²) in [5.41, 5.74) is 3.34. The molecule has 2 N–H and O–H groups in total. The van der Waals surface area contributed by atoms with Gasteiger partial charge in [-0.25, -0.2) is 0 Å². The Labute approximate surface area is 141 Å². The van der Waals surface area contributed by atoms with E-state index >= 15 is 0 Å². The first-order valence-corrected chi connectivity index (χ1v) is 8.14. The third-order valence-corrected chi connectivity index (χ3v) is 4.32. The third-order valence-electron chi connectivity index (χ3n) is 4.32. The van der Waals surface area contributed by atoms with Crippen LogP contribution in [0.4, 0.5) is 5.82 Å². The van der Waals surface area contributed by atoms with Crippen LogP contribution in [0.15, 0.2) is 24.3 Å². The van der Waals surface area contributed by atoms with E-state index in [9.17, 15) is 10.2 Å².